The first-order valence-corrected chi connectivity index (χ1v) is 8.85. The maximum atomic E-state index is 14.0. The fourth-order valence-corrected chi connectivity index (χ4v) is 2.99. The Balaban J connectivity index is 2.22. The number of carbonyl (C=O) groups is 2. The lowest BCUT2D eigenvalue weighted by Crippen LogP contribution is -2.51. The van der Waals surface area contributed by atoms with Gasteiger partial charge in [0, 0.05) is 17.0 Å². The second kappa shape index (κ2) is 8.64. The fourth-order valence-electron chi connectivity index (χ4n) is 2.79. The van der Waals surface area contributed by atoms with Gasteiger partial charge >= 0.3 is 6.09 Å². The molecule has 0 aromatic heterocycles. The molecule has 152 valence electrons. The van der Waals surface area contributed by atoms with Crippen LogP contribution in [0.1, 0.15) is 26.3 Å². The van der Waals surface area contributed by atoms with Gasteiger partial charge in [-0.15, -0.1) is 0 Å². The van der Waals surface area contributed by atoms with Crippen LogP contribution in [-0.4, -0.2) is 52.3 Å². The molecule has 3 atom stereocenters. The Morgan fingerprint density at radius 2 is 2.18 bits per heavy atom. The molecule has 28 heavy (non-hydrogen) atoms. The lowest BCUT2D eigenvalue weighted by atomic mass is 10.1. The van der Waals surface area contributed by atoms with E-state index < -0.39 is 41.6 Å². The van der Waals surface area contributed by atoms with E-state index >= 15 is 0 Å². The van der Waals surface area contributed by atoms with E-state index in [4.69, 9.17) is 21.9 Å². The number of aliphatic hydroxyl groups excluding tert-OH is 1. The molecule has 0 bridgehead atoms. The van der Waals surface area contributed by atoms with Gasteiger partial charge in [-0.2, -0.15) is 0 Å². The first-order valence-electron chi connectivity index (χ1n) is 8.47. The molecule has 1 aromatic rings. The Bertz CT molecular complexity index is 809. The minimum absolute atomic E-state index is 0.0922. The average Bonchev–Trinajstić information content (AvgIpc) is 2.92. The van der Waals surface area contributed by atoms with Crippen LogP contribution in [0.4, 0.5) is 9.18 Å². The fraction of sp³-hybridized carbons (Fsp3) is 0.529. The predicted molar refractivity (Wildman–Crippen MR) is 98.9 cm³/mol. The van der Waals surface area contributed by atoms with Crippen molar-refractivity contribution in [3.63, 3.8) is 0 Å². The third-order valence-corrected chi connectivity index (χ3v) is 4.30. The molecule has 1 saturated heterocycles. The first kappa shape index (κ1) is 21.7. The lowest BCUT2D eigenvalue weighted by molar-refractivity contribution is -0.126. The number of hydrogen-bond acceptors (Lipinski definition) is 5. The molecule has 0 radical (unpaired) electrons. The van der Waals surface area contributed by atoms with E-state index in [2.05, 4.69) is 15.3 Å². The highest BCUT2D eigenvalue weighted by molar-refractivity contribution is 6.30. The second-order valence-electron chi connectivity index (χ2n) is 7.27. The van der Waals surface area contributed by atoms with Crippen molar-refractivity contribution in [2.45, 2.75) is 51.1 Å². The number of azide groups is 1. The van der Waals surface area contributed by atoms with Crippen molar-refractivity contribution in [1.82, 2.24) is 10.2 Å². The van der Waals surface area contributed by atoms with E-state index in [0.29, 0.717) is 0 Å². The third-order valence-electron chi connectivity index (χ3n) is 4.00. The molecule has 0 saturated carbocycles. The standard InChI is InChI=1S/C17H21ClFN5O4/c1-17(2,3)28-16(27)24-8-11(25)13(22-23-20)14(24)15(26)21-7-9-5-4-6-10(18)12(9)19/h4-6,11,13-14,25H,7-8H2,1-3H3,(H,21,26). The minimum Gasteiger partial charge on any atom is -0.444 e. The highest BCUT2D eigenvalue weighted by atomic mass is 35.5. The lowest BCUT2D eigenvalue weighted by Gasteiger charge is -2.28. The minimum atomic E-state index is -1.30. The summed E-state index contributed by atoms with van der Waals surface area (Å²) in [6.45, 7) is 4.50. The smallest absolute Gasteiger partial charge is 0.411 e. The number of amides is 2. The molecule has 3 unspecified atom stereocenters. The summed E-state index contributed by atoms with van der Waals surface area (Å²) in [7, 11) is 0. The van der Waals surface area contributed by atoms with Crippen LogP contribution in [-0.2, 0) is 16.1 Å². The monoisotopic (exact) mass is 413 g/mol. The van der Waals surface area contributed by atoms with Gasteiger partial charge in [-0.25, -0.2) is 9.18 Å². The molecule has 0 aliphatic carbocycles. The molecular weight excluding hydrogens is 393 g/mol. The number of hydrogen-bond donors (Lipinski definition) is 2. The molecule has 0 spiro atoms. The van der Waals surface area contributed by atoms with Crippen molar-refractivity contribution in [2.24, 2.45) is 5.11 Å². The zero-order valence-electron chi connectivity index (χ0n) is 15.6. The highest BCUT2D eigenvalue weighted by Gasteiger charge is 2.48. The number of nitrogens with zero attached hydrogens (tertiary/aromatic N) is 4. The summed E-state index contributed by atoms with van der Waals surface area (Å²) in [5, 5.41) is 16.0. The van der Waals surface area contributed by atoms with Crippen molar-refractivity contribution >= 4 is 23.6 Å². The van der Waals surface area contributed by atoms with E-state index in [0.717, 1.165) is 4.90 Å². The van der Waals surface area contributed by atoms with Crippen LogP contribution in [0.15, 0.2) is 23.3 Å². The van der Waals surface area contributed by atoms with E-state index in [-0.39, 0.29) is 23.7 Å². The molecule has 11 heteroatoms. The Morgan fingerprint density at radius 3 is 2.79 bits per heavy atom. The van der Waals surface area contributed by atoms with Crippen molar-refractivity contribution in [3.8, 4) is 0 Å². The topological polar surface area (TPSA) is 128 Å². The molecule has 2 amide bonds. The highest BCUT2D eigenvalue weighted by Crippen LogP contribution is 2.25. The van der Waals surface area contributed by atoms with E-state index in [1.54, 1.807) is 20.8 Å². The van der Waals surface area contributed by atoms with Gasteiger partial charge in [0.15, 0.2) is 0 Å². The van der Waals surface area contributed by atoms with Crippen molar-refractivity contribution in [3.05, 3.63) is 45.0 Å². The van der Waals surface area contributed by atoms with Crippen molar-refractivity contribution in [2.75, 3.05) is 6.54 Å². The number of likely N-dealkylation sites (tertiary alicyclic amines) is 1. The number of aliphatic hydroxyl groups is 1. The first-order chi connectivity index (χ1) is 13.0. The van der Waals surface area contributed by atoms with E-state index in [1.165, 1.54) is 18.2 Å². The molecule has 1 aliphatic heterocycles. The number of ether oxygens (including phenoxy) is 1. The normalized spacial score (nSPS) is 21.8. The summed E-state index contributed by atoms with van der Waals surface area (Å²) in [4.78, 5) is 28.8. The van der Waals surface area contributed by atoms with E-state index in [1.807, 2.05) is 0 Å². The van der Waals surface area contributed by atoms with E-state index in [9.17, 15) is 19.1 Å². The van der Waals surface area contributed by atoms with Crippen LogP contribution >= 0.6 is 11.6 Å². The molecule has 1 fully saturated rings. The van der Waals surface area contributed by atoms with Gasteiger partial charge < -0.3 is 15.2 Å². The maximum absolute atomic E-state index is 14.0. The summed E-state index contributed by atoms with van der Waals surface area (Å²) in [5.74, 6) is -1.40. The quantitative estimate of drug-likeness (QED) is 0.446. The second-order valence-corrected chi connectivity index (χ2v) is 7.68. The maximum Gasteiger partial charge on any atom is 0.411 e. The van der Waals surface area contributed by atoms with Gasteiger partial charge in [-0.1, -0.05) is 28.8 Å². The number of β-amino-alcohol motifs (C(OH)–C–C–N with tert-alkyl or cyclic N) is 1. The zero-order chi connectivity index (χ0) is 21.1. The molecule has 2 N–H and O–H groups in total. The summed E-state index contributed by atoms with van der Waals surface area (Å²) >= 11 is 5.72. The van der Waals surface area contributed by atoms with Gasteiger partial charge in [0.2, 0.25) is 5.91 Å². The molecule has 9 nitrogen and oxygen atoms in total. The van der Waals surface area contributed by atoms with Crippen LogP contribution in [0.5, 0.6) is 0 Å². The number of benzene rings is 1. The number of halogens is 2. The Morgan fingerprint density at radius 1 is 1.50 bits per heavy atom. The zero-order valence-corrected chi connectivity index (χ0v) is 16.4. The summed E-state index contributed by atoms with van der Waals surface area (Å²) in [6, 6.07) is 1.84. The predicted octanol–water partition coefficient (Wildman–Crippen LogP) is 2.75. The molecule has 1 aliphatic rings. The van der Waals surface area contributed by atoms with Gasteiger partial charge in [-0.05, 0) is 32.4 Å². The Labute approximate surface area is 166 Å². The van der Waals surface area contributed by atoms with Crippen molar-refractivity contribution in [1.29, 1.82) is 0 Å². The number of carbonyl (C=O) groups excluding carboxylic acids is 2. The molecular formula is C17H21ClFN5O4. The molecule has 2 rings (SSSR count). The average molecular weight is 414 g/mol. The van der Waals surface area contributed by atoms with Crippen LogP contribution in [0.2, 0.25) is 5.02 Å². The SMILES string of the molecule is CC(C)(C)OC(=O)N1CC(O)C(N=[N+]=[N-])C1C(=O)NCc1cccc(Cl)c1F. The Kier molecular flexibility index (Phi) is 6.71. The van der Waals surface area contributed by atoms with Crippen molar-refractivity contribution < 1.29 is 23.8 Å². The molecule has 1 heterocycles. The van der Waals surface area contributed by atoms with Gasteiger partial charge in [0.05, 0.1) is 23.7 Å². The van der Waals surface area contributed by atoms with Crippen LogP contribution in [0.3, 0.4) is 0 Å². The summed E-state index contributed by atoms with van der Waals surface area (Å²) in [5.41, 5.74) is 8.06. The largest absolute Gasteiger partial charge is 0.444 e. The van der Waals surface area contributed by atoms with Crippen LogP contribution < -0.4 is 5.32 Å². The van der Waals surface area contributed by atoms with Gasteiger partial charge in [-0.3, -0.25) is 9.69 Å². The number of nitrogens with one attached hydrogen (secondary N) is 1. The number of rotatable bonds is 4. The molecule has 1 aromatic carbocycles. The summed E-state index contributed by atoms with van der Waals surface area (Å²) in [6.07, 6.45) is -2.08. The van der Waals surface area contributed by atoms with Gasteiger partial charge in [0.1, 0.15) is 17.5 Å². The van der Waals surface area contributed by atoms with Crippen LogP contribution in [0.25, 0.3) is 10.4 Å². The summed E-state index contributed by atoms with van der Waals surface area (Å²) < 4.78 is 19.3. The Hall–Kier alpha value is -2.55. The van der Waals surface area contributed by atoms with Crippen LogP contribution in [0, 0.1) is 5.82 Å². The van der Waals surface area contributed by atoms with Gasteiger partial charge in [0.25, 0.3) is 0 Å². The third kappa shape index (κ3) is 5.03.